The number of Topliss-reactive ketones (excluding diaryl/α,β-unsaturated/α-hetero) is 1. The molecular formula is C27H36FN5O3. The lowest BCUT2D eigenvalue weighted by atomic mass is 9.82. The Hall–Kier alpha value is -4.01. The average molecular weight is 498 g/mol. The smallest absolute Gasteiger partial charge is 0.218 e. The summed E-state index contributed by atoms with van der Waals surface area (Å²) in [6, 6.07) is 13.9. The highest BCUT2D eigenvalue weighted by Gasteiger charge is 2.21. The van der Waals surface area contributed by atoms with Crippen molar-refractivity contribution in [3.63, 3.8) is 0 Å². The Bertz CT molecular complexity index is 1180. The summed E-state index contributed by atoms with van der Waals surface area (Å²) < 4.78 is 14.7. The van der Waals surface area contributed by atoms with E-state index >= 15 is 0 Å². The Kier molecular flexibility index (Phi) is 11.5. The van der Waals surface area contributed by atoms with E-state index in [9.17, 15) is 14.0 Å². The second kappa shape index (κ2) is 13.8. The Balaban J connectivity index is 0.000000352. The highest BCUT2D eigenvalue weighted by molar-refractivity contribution is 6.04. The maximum Gasteiger partial charge on any atom is 0.218 e. The summed E-state index contributed by atoms with van der Waals surface area (Å²) in [4.78, 5) is 31.0. The number of rotatable bonds is 7. The number of carbonyl (C=O) groups excluding carboxylic acids is 3. The highest BCUT2D eigenvalue weighted by atomic mass is 19.1. The number of allylic oxidation sites excluding steroid dienone is 1. The lowest BCUT2D eigenvalue weighted by Crippen LogP contribution is -2.24. The SMILES string of the molecule is C=C(N)C(CC(N)=O)CC(C)(C)C.CC(=O)c1nn(Cc2ccc(F)cc2)c2ccccc12.NC=O. The number of amides is 2. The summed E-state index contributed by atoms with van der Waals surface area (Å²) in [5.41, 5.74) is 17.9. The number of aromatic nitrogens is 2. The van der Waals surface area contributed by atoms with Crippen molar-refractivity contribution in [3.8, 4) is 0 Å². The van der Waals surface area contributed by atoms with Crippen molar-refractivity contribution in [2.24, 2.45) is 28.5 Å². The van der Waals surface area contributed by atoms with Crippen molar-refractivity contribution in [1.82, 2.24) is 9.78 Å². The highest BCUT2D eigenvalue weighted by Crippen LogP contribution is 2.28. The molecule has 0 aliphatic rings. The zero-order valence-corrected chi connectivity index (χ0v) is 21.3. The number of halogens is 1. The zero-order valence-electron chi connectivity index (χ0n) is 21.3. The first-order chi connectivity index (χ1) is 16.8. The molecule has 1 unspecified atom stereocenters. The first kappa shape index (κ1) is 30.0. The van der Waals surface area contributed by atoms with E-state index in [1.54, 1.807) is 16.8 Å². The molecule has 1 aromatic heterocycles. The molecule has 0 radical (unpaired) electrons. The van der Waals surface area contributed by atoms with E-state index in [0.717, 1.165) is 22.9 Å². The fourth-order valence-electron chi connectivity index (χ4n) is 3.59. The molecule has 2 aromatic carbocycles. The van der Waals surface area contributed by atoms with Gasteiger partial charge in [-0.05, 0) is 35.6 Å². The summed E-state index contributed by atoms with van der Waals surface area (Å²) in [7, 11) is 0. The van der Waals surface area contributed by atoms with Gasteiger partial charge in [-0.2, -0.15) is 5.10 Å². The third kappa shape index (κ3) is 10.1. The van der Waals surface area contributed by atoms with Crippen molar-refractivity contribution in [2.75, 3.05) is 0 Å². The Morgan fingerprint density at radius 3 is 2.14 bits per heavy atom. The van der Waals surface area contributed by atoms with Crippen LogP contribution in [-0.4, -0.2) is 27.9 Å². The standard InChI is InChI=1S/C16H13FN2O.C10H20N2O.CH3NO/c1-11(20)16-14-4-2-3-5-15(14)19(18-16)10-12-6-8-13(17)9-7-12;1-7(11)8(5-9(12)13)6-10(2,3)4;2-1-3/h2-9H,10H2,1H3;8H,1,5-6,11H2,2-4H3,(H2,12,13);1H,(H2,2,3). The largest absolute Gasteiger partial charge is 0.402 e. The number of hydrogen-bond donors (Lipinski definition) is 3. The van der Waals surface area contributed by atoms with Crippen LogP contribution in [-0.2, 0) is 16.1 Å². The van der Waals surface area contributed by atoms with Crippen molar-refractivity contribution in [2.45, 2.75) is 47.1 Å². The number of para-hydroxylation sites is 1. The van der Waals surface area contributed by atoms with Gasteiger partial charge in [-0.25, -0.2) is 4.39 Å². The molecule has 0 fully saturated rings. The predicted octanol–water partition coefficient (Wildman–Crippen LogP) is 3.91. The van der Waals surface area contributed by atoms with Crippen LogP contribution in [0, 0.1) is 17.2 Å². The summed E-state index contributed by atoms with van der Waals surface area (Å²) in [6.07, 6.45) is 1.39. The van der Waals surface area contributed by atoms with Gasteiger partial charge in [0, 0.05) is 30.3 Å². The lowest BCUT2D eigenvalue weighted by Gasteiger charge is -2.25. The van der Waals surface area contributed by atoms with Gasteiger partial charge in [-0.15, -0.1) is 0 Å². The molecule has 8 nitrogen and oxygen atoms in total. The van der Waals surface area contributed by atoms with Crippen LogP contribution >= 0.6 is 0 Å². The third-order valence-corrected chi connectivity index (χ3v) is 5.07. The second-order valence-electron chi connectivity index (χ2n) is 9.55. The topological polar surface area (TPSA) is 147 Å². The van der Waals surface area contributed by atoms with Gasteiger partial charge in [0.2, 0.25) is 12.3 Å². The van der Waals surface area contributed by atoms with Gasteiger partial charge in [0.1, 0.15) is 11.5 Å². The van der Waals surface area contributed by atoms with E-state index in [2.05, 4.69) is 38.2 Å². The molecule has 9 heteroatoms. The first-order valence-corrected chi connectivity index (χ1v) is 11.4. The van der Waals surface area contributed by atoms with E-state index < -0.39 is 0 Å². The van der Waals surface area contributed by atoms with Crippen molar-refractivity contribution in [3.05, 3.63) is 77.9 Å². The fourth-order valence-corrected chi connectivity index (χ4v) is 3.59. The van der Waals surface area contributed by atoms with Gasteiger partial charge >= 0.3 is 0 Å². The van der Waals surface area contributed by atoms with E-state index in [4.69, 9.17) is 16.3 Å². The second-order valence-corrected chi connectivity index (χ2v) is 9.55. The van der Waals surface area contributed by atoms with Crippen LogP contribution in [0.25, 0.3) is 10.9 Å². The molecule has 0 saturated heterocycles. The molecule has 1 atom stereocenters. The van der Waals surface area contributed by atoms with Crippen LogP contribution in [0.1, 0.15) is 56.6 Å². The number of carbonyl (C=O) groups is 3. The first-order valence-electron chi connectivity index (χ1n) is 11.4. The Morgan fingerprint density at radius 2 is 1.67 bits per heavy atom. The monoisotopic (exact) mass is 497 g/mol. The third-order valence-electron chi connectivity index (χ3n) is 5.07. The van der Waals surface area contributed by atoms with E-state index in [0.29, 0.717) is 24.4 Å². The van der Waals surface area contributed by atoms with Gasteiger partial charge in [-0.3, -0.25) is 19.1 Å². The van der Waals surface area contributed by atoms with E-state index in [1.807, 2.05) is 24.3 Å². The molecule has 3 rings (SSSR count). The van der Waals surface area contributed by atoms with Gasteiger partial charge in [0.05, 0.1) is 12.1 Å². The minimum absolute atomic E-state index is 0.0116. The average Bonchev–Trinajstić information content (AvgIpc) is 3.13. The van der Waals surface area contributed by atoms with Gasteiger partial charge in [0.25, 0.3) is 0 Å². The van der Waals surface area contributed by atoms with Crippen LogP contribution in [0.4, 0.5) is 4.39 Å². The Labute approximate surface area is 211 Å². The molecule has 2 amide bonds. The summed E-state index contributed by atoms with van der Waals surface area (Å²) in [5, 5.41) is 5.23. The molecular weight excluding hydrogens is 461 g/mol. The Morgan fingerprint density at radius 1 is 1.11 bits per heavy atom. The molecule has 0 bridgehead atoms. The number of primary amides is 2. The molecule has 36 heavy (non-hydrogen) atoms. The normalized spacial score (nSPS) is 11.4. The van der Waals surface area contributed by atoms with Crippen molar-refractivity contribution >= 4 is 29.0 Å². The molecule has 0 aliphatic carbocycles. The van der Waals surface area contributed by atoms with Crippen LogP contribution in [0.5, 0.6) is 0 Å². The van der Waals surface area contributed by atoms with Gasteiger partial charge < -0.3 is 17.2 Å². The molecule has 0 aliphatic heterocycles. The number of hydrogen-bond acceptors (Lipinski definition) is 5. The minimum atomic E-state index is -0.319. The molecule has 0 spiro atoms. The van der Waals surface area contributed by atoms with Crippen LogP contribution in [0.3, 0.4) is 0 Å². The minimum Gasteiger partial charge on any atom is -0.402 e. The number of fused-ring (bicyclic) bond motifs is 1. The maximum atomic E-state index is 12.9. The van der Waals surface area contributed by atoms with Crippen LogP contribution in [0.2, 0.25) is 0 Å². The molecule has 6 N–H and O–H groups in total. The van der Waals surface area contributed by atoms with E-state index in [-0.39, 0.29) is 35.3 Å². The van der Waals surface area contributed by atoms with E-state index in [1.165, 1.54) is 19.1 Å². The molecule has 0 saturated carbocycles. The lowest BCUT2D eigenvalue weighted by molar-refractivity contribution is -0.118. The summed E-state index contributed by atoms with van der Waals surface area (Å²) >= 11 is 0. The van der Waals surface area contributed by atoms with Gasteiger partial charge in [0.15, 0.2) is 5.78 Å². The number of nitrogens with two attached hydrogens (primary N) is 3. The quantitative estimate of drug-likeness (QED) is 0.334. The van der Waals surface area contributed by atoms with Crippen LogP contribution in [0.15, 0.2) is 60.8 Å². The maximum absolute atomic E-state index is 12.9. The van der Waals surface area contributed by atoms with Crippen molar-refractivity contribution < 1.29 is 18.8 Å². The molecule has 3 aromatic rings. The fraction of sp³-hybridized carbons (Fsp3) is 0.333. The predicted molar refractivity (Wildman–Crippen MR) is 140 cm³/mol. The molecule has 194 valence electrons. The van der Waals surface area contributed by atoms with Crippen LogP contribution < -0.4 is 17.2 Å². The van der Waals surface area contributed by atoms with Gasteiger partial charge in [-0.1, -0.05) is 57.7 Å². The number of ketones is 1. The molecule has 1 heterocycles. The zero-order chi connectivity index (χ0) is 27.5. The van der Waals surface area contributed by atoms with Crippen molar-refractivity contribution in [1.29, 1.82) is 0 Å². The summed E-state index contributed by atoms with van der Waals surface area (Å²) in [5.74, 6) is -0.624. The number of benzene rings is 2. The number of nitrogens with zero attached hydrogens (tertiary/aromatic N) is 2. The summed E-state index contributed by atoms with van der Waals surface area (Å²) in [6.45, 7) is 12.0.